The number of ketones is 1. The molecule has 1 saturated carbocycles. The lowest BCUT2D eigenvalue weighted by Gasteiger charge is -2.43. The molecule has 23 heavy (non-hydrogen) atoms. The van der Waals surface area contributed by atoms with E-state index in [1.54, 1.807) is 11.6 Å². The van der Waals surface area contributed by atoms with E-state index in [2.05, 4.69) is 4.98 Å². The van der Waals surface area contributed by atoms with Crippen LogP contribution in [0.5, 0.6) is 0 Å². The summed E-state index contributed by atoms with van der Waals surface area (Å²) >= 11 is 1.27. The van der Waals surface area contributed by atoms with E-state index in [4.69, 9.17) is 0 Å². The predicted octanol–water partition coefficient (Wildman–Crippen LogP) is 2.10. The average molecular weight is 324 g/mol. The smallest absolute Gasteiger partial charge is 0.240 e. The number of imide groups is 1. The fourth-order valence-corrected chi connectivity index (χ4v) is 5.12. The molecule has 2 heterocycles. The van der Waals surface area contributed by atoms with Gasteiger partial charge in [-0.2, -0.15) is 0 Å². The number of amides is 2. The Kier molecular flexibility index (Phi) is 2.48. The molecule has 0 radical (unpaired) electrons. The second-order valence-electron chi connectivity index (χ2n) is 6.26. The van der Waals surface area contributed by atoms with Crippen LogP contribution in [0.25, 0.3) is 0 Å². The molecule has 1 aliphatic heterocycles. The number of nitrogens with zero attached hydrogens (tertiary/aromatic N) is 2. The van der Waals surface area contributed by atoms with E-state index in [9.17, 15) is 14.4 Å². The van der Waals surface area contributed by atoms with Crippen molar-refractivity contribution in [3.05, 3.63) is 47.0 Å². The molecule has 114 valence electrons. The van der Waals surface area contributed by atoms with Crippen molar-refractivity contribution >= 4 is 34.1 Å². The monoisotopic (exact) mass is 324 g/mol. The van der Waals surface area contributed by atoms with Crippen molar-refractivity contribution in [3.8, 4) is 0 Å². The maximum Gasteiger partial charge on any atom is 0.240 e. The second kappa shape index (κ2) is 4.35. The molecule has 1 aromatic heterocycles. The molecule has 4 atom stereocenters. The predicted molar refractivity (Wildman–Crippen MR) is 83.1 cm³/mol. The number of fused-ring (bicyclic) bond motifs is 1. The van der Waals surface area contributed by atoms with Gasteiger partial charge in [0.05, 0.1) is 17.8 Å². The Balaban J connectivity index is 1.69. The lowest BCUT2D eigenvalue weighted by molar-refractivity contribution is -0.134. The van der Waals surface area contributed by atoms with Crippen molar-refractivity contribution < 1.29 is 14.4 Å². The molecule has 6 rings (SSSR count). The molecule has 1 aromatic carbocycles. The highest BCUT2D eigenvalue weighted by molar-refractivity contribution is 7.14. The van der Waals surface area contributed by atoms with Gasteiger partial charge in [0.15, 0.2) is 5.13 Å². The minimum atomic E-state index is -0.562. The first-order valence-electron chi connectivity index (χ1n) is 7.57. The van der Waals surface area contributed by atoms with Gasteiger partial charge in [-0.3, -0.25) is 14.4 Å². The normalized spacial score (nSPS) is 31.5. The van der Waals surface area contributed by atoms with Gasteiger partial charge in [-0.15, -0.1) is 11.3 Å². The van der Waals surface area contributed by atoms with Crippen LogP contribution >= 0.6 is 11.3 Å². The fraction of sp³-hybridized carbons (Fsp3) is 0.294. The molecule has 0 spiro atoms. The van der Waals surface area contributed by atoms with E-state index < -0.39 is 17.8 Å². The summed E-state index contributed by atoms with van der Waals surface area (Å²) in [5.41, 5.74) is 1.98. The Morgan fingerprint density at radius 3 is 2.52 bits per heavy atom. The maximum atomic E-state index is 12.9. The summed E-state index contributed by atoms with van der Waals surface area (Å²) in [7, 11) is 0. The van der Waals surface area contributed by atoms with Crippen LogP contribution in [0.1, 0.15) is 29.4 Å². The van der Waals surface area contributed by atoms with Crippen molar-refractivity contribution in [2.75, 3.05) is 4.90 Å². The van der Waals surface area contributed by atoms with Crippen LogP contribution in [0.2, 0.25) is 0 Å². The third kappa shape index (κ3) is 1.51. The van der Waals surface area contributed by atoms with Crippen LogP contribution in [0.3, 0.4) is 0 Å². The first-order chi connectivity index (χ1) is 11.2. The largest absolute Gasteiger partial charge is 0.299 e. The van der Waals surface area contributed by atoms with Crippen LogP contribution in [-0.2, 0) is 14.4 Å². The van der Waals surface area contributed by atoms with Crippen molar-refractivity contribution in [1.29, 1.82) is 0 Å². The maximum absolute atomic E-state index is 12.9. The number of benzene rings is 1. The summed E-state index contributed by atoms with van der Waals surface area (Å²) in [6.07, 6.45) is 1.94. The van der Waals surface area contributed by atoms with Crippen molar-refractivity contribution in [3.63, 3.8) is 0 Å². The number of thiazole rings is 1. The zero-order chi connectivity index (χ0) is 15.7. The van der Waals surface area contributed by atoms with E-state index in [1.807, 2.05) is 24.3 Å². The molecule has 6 heteroatoms. The van der Waals surface area contributed by atoms with Gasteiger partial charge in [0.1, 0.15) is 5.78 Å². The zero-order valence-corrected chi connectivity index (χ0v) is 12.8. The Labute approximate surface area is 135 Å². The molecular weight excluding hydrogens is 312 g/mol. The molecule has 2 amide bonds. The minimum Gasteiger partial charge on any atom is -0.299 e. The van der Waals surface area contributed by atoms with Crippen LogP contribution in [0.15, 0.2) is 35.8 Å². The van der Waals surface area contributed by atoms with Gasteiger partial charge in [-0.25, -0.2) is 9.88 Å². The van der Waals surface area contributed by atoms with Gasteiger partial charge < -0.3 is 0 Å². The molecule has 0 unspecified atom stereocenters. The second-order valence-corrected chi connectivity index (χ2v) is 7.13. The van der Waals surface area contributed by atoms with Gasteiger partial charge in [-0.1, -0.05) is 24.3 Å². The van der Waals surface area contributed by atoms with Crippen molar-refractivity contribution in [2.45, 2.75) is 18.3 Å². The molecule has 3 aliphatic carbocycles. The minimum absolute atomic E-state index is 0.0806. The summed E-state index contributed by atoms with van der Waals surface area (Å²) in [5, 5.41) is 2.15. The Hall–Kier alpha value is -2.34. The number of carbonyl (C=O) groups excluding carboxylic acids is 3. The molecule has 0 N–H and O–H groups in total. The first kappa shape index (κ1) is 13.1. The zero-order valence-electron chi connectivity index (χ0n) is 12.0. The van der Waals surface area contributed by atoms with Crippen molar-refractivity contribution in [1.82, 2.24) is 4.98 Å². The Morgan fingerprint density at radius 2 is 1.78 bits per heavy atom. The highest BCUT2D eigenvalue weighted by atomic mass is 32.1. The highest BCUT2D eigenvalue weighted by Gasteiger charge is 2.63. The Morgan fingerprint density at radius 1 is 1.04 bits per heavy atom. The number of rotatable bonds is 1. The van der Waals surface area contributed by atoms with E-state index in [-0.39, 0.29) is 23.5 Å². The van der Waals surface area contributed by atoms with Crippen LogP contribution in [-0.4, -0.2) is 22.6 Å². The van der Waals surface area contributed by atoms with Crippen LogP contribution < -0.4 is 4.90 Å². The lowest BCUT2D eigenvalue weighted by Crippen LogP contribution is -2.44. The van der Waals surface area contributed by atoms with Crippen molar-refractivity contribution in [2.24, 2.45) is 11.8 Å². The molecule has 1 saturated heterocycles. The van der Waals surface area contributed by atoms with E-state index >= 15 is 0 Å². The van der Waals surface area contributed by atoms with Crippen LogP contribution in [0, 0.1) is 11.8 Å². The first-order valence-corrected chi connectivity index (χ1v) is 8.45. The van der Waals surface area contributed by atoms with Crippen LogP contribution in [0.4, 0.5) is 5.13 Å². The number of carbonyl (C=O) groups is 3. The average Bonchev–Trinajstić information content (AvgIpc) is 3.16. The standard InChI is InChI=1S/C17H12N2O3S/c20-11-7-10-8-3-1-2-4-9(8)12(11)14-13(10)15(21)19(16(14)22)17-18-5-6-23-17/h1-6,10,12-14H,7H2/t10-,12+,13-,14+/m0/s1. The SMILES string of the molecule is O=C1C[C@H]2c3ccccc3[C@H]1[C@H]1C(=O)N(c3nccs3)C(=O)[C@H]12. The topological polar surface area (TPSA) is 67.3 Å². The number of hydrogen-bond acceptors (Lipinski definition) is 5. The molecule has 2 bridgehead atoms. The van der Waals surface area contributed by atoms with E-state index in [1.165, 1.54) is 16.2 Å². The molecular formula is C17H12N2O3S. The highest BCUT2D eigenvalue weighted by Crippen LogP contribution is 2.57. The summed E-state index contributed by atoms with van der Waals surface area (Å²) in [6.45, 7) is 0. The summed E-state index contributed by atoms with van der Waals surface area (Å²) in [6, 6.07) is 7.73. The summed E-state index contributed by atoms with van der Waals surface area (Å²) < 4.78 is 0. The number of anilines is 1. The number of aromatic nitrogens is 1. The lowest BCUT2D eigenvalue weighted by atomic mass is 9.56. The molecule has 2 aromatic rings. The quantitative estimate of drug-likeness (QED) is 0.754. The summed E-state index contributed by atoms with van der Waals surface area (Å²) in [4.78, 5) is 43.7. The third-order valence-electron chi connectivity index (χ3n) is 5.30. The number of hydrogen-bond donors (Lipinski definition) is 0. The van der Waals surface area contributed by atoms with E-state index in [0.29, 0.717) is 11.6 Å². The third-order valence-corrected chi connectivity index (χ3v) is 6.06. The number of Topliss-reactive ketones (excluding diaryl/α,β-unsaturated/α-hetero) is 1. The molecule has 5 nitrogen and oxygen atoms in total. The van der Waals surface area contributed by atoms with Gasteiger partial charge in [0.2, 0.25) is 11.8 Å². The van der Waals surface area contributed by atoms with Gasteiger partial charge in [0, 0.05) is 23.9 Å². The van der Waals surface area contributed by atoms with Gasteiger partial charge in [-0.05, 0) is 11.1 Å². The van der Waals surface area contributed by atoms with Gasteiger partial charge in [0.25, 0.3) is 0 Å². The Bertz CT molecular complexity index is 860. The molecule has 2 fully saturated rings. The molecule has 4 aliphatic rings. The van der Waals surface area contributed by atoms with E-state index in [0.717, 1.165) is 11.1 Å². The summed E-state index contributed by atoms with van der Waals surface area (Å²) in [5.74, 6) is -2.05. The van der Waals surface area contributed by atoms with Gasteiger partial charge >= 0.3 is 0 Å². The fourth-order valence-electron chi connectivity index (χ4n) is 4.47.